The number of imidazole rings is 1. The predicted molar refractivity (Wildman–Crippen MR) is 123 cm³/mol. The Labute approximate surface area is 186 Å². The smallest absolute Gasteiger partial charge is 0.337 e. The molecule has 0 amide bonds. The van der Waals surface area contributed by atoms with Crippen molar-refractivity contribution in [1.82, 2.24) is 9.13 Å². The van der Waals surface area contributed by atoms with Gasteiger partial charge in [-0.25, -0.2) is 4.79 Å². The Morgan fingerprint density at radius 1 is 0.688 bits per heavy atom. The maximum atomic E-state index is 13.6. The molecule has 0 spiro atoms. The number of para-hydroxylation sites is 1. The van der Waals surface area contributed by atoms with Gasteiger partial charge in [0, 0.05) is 23.9 Å². The van der Waals surface area contributed by atoms with E-state index >= 15 is 0 Å². The summed E-state index contributed by atoms with van der Waals surface area (Å²) in [6, 6.07) is 20.6. The van der Waals surface area contributed by atoms with E-state index in [9.17, 15) is 4.79 Å². The molecule has 0 N–H and O–H groups in total. The summed E-state index contributed by atoms with van der Waals surface area (Å²) in [4.78, 5) is 13.6. The van der Waals surface area contributed by atoms with Crippen molar-refractivity contribution in [3.05, 3.63) is 83.4 Å². The number of aromatic nitrogens is 2. The van der Waals surface area contributed by atoms with Crippen LogP contribution in [0.25, 0.3) is 22.6 Å². The Balaban J connectivity index is 1.97. The fraction of sp³-hybridized carbons (Fsp3) is 0.160. The van der Waals surface area contributed by atoms with E-state index in [1.807, 2.05) is 54.6 Å². The zero-order valence-corrected chi connectivity index (χ0v) is 18.4. The first-order chi connectivity index (χ1) is 15.6. The van der Waals surface area contributed by atoms with Crippen LogP contribution >= 0.6 is 0 Å². The van der Waals surface area contributed by atoms with Crippen molar-refractivity contribution in [3.63, 3.8) is 0 Å². The fourth-order valence-corrected chi connectivity index (χ4v) is 3.63. The predicted octanol–water partition coefficient (Wildman–Crippen LogP) is 4.33. The van der Waals surface area contributed by atoms with Crippen LogP contribution in [0.5, 0.6) is 23.0 Å². The molecular formula is C25H24N2O5. The number of nitrogens with zero attached hydrogens (tertiary/aromatic N) is 2. The van der Waals surface area contributed by atoms with Gasteiger partial charge in [-0.3, -0.25) is 9.13 Å². The molecule has 0 fully saturated rings. The first-order valence-electron chi connectivity index (χ1n) is 9.96. The number of rotatable bonds is 7. The molecule has 164 valence electrons. The first kappa shape index (κ1) is 21.1. The molecule has 0 aliphatic carbocycles. The van der Waals surface area contributed by atoms with Gasteiger partial charge in [0.2, 0.25) is 5.75 Å². The number of hydrogen-bond donors (Lipinski definition) is 0. The highest BCUT2D eigenvalue weighted by Crippen LogP contribution is 2.39. The van der Waals surface area contributed by atoms with Crippen molar-refractivity contribution in [1.29, 1.82) is 0 Å². The van der Waals surface area contributed by atoms with Crippen molar-refractivity contribution < 1.29 is 18.9 Å². The monoisotopic (exact) mass is 432 g/mol. The van der Waals surface area contributed by atoms with Gasteiger partial charge in [-0.05, 0) is 36.4 Å². The summed E-state index contributed by atoms with van der Waals surface area (Å²) in [6.07, 6.45) is 1.80. The van der Waals surface area contributed by atoms with E-state index in [-0.39, 0.29) is 5.69 Å². The van der Waals surface area contributed by atoms with Gasteiger partial charge in [0.05, 0.1) is 45.5 Å². The third-order valence-electron chi connectivity index (χ3n) is 5.22. The zero-order valence-electron chi connectivity index (χ0n) is 18.4. The lowest BCUT2D eigenvalue weighted by molar-refractivity contribution is 0.324. The Kier molecular flexibility index (Phi) is 5.89. The minimum Gasteiger partial charge on any atom is -0.497 e. The topological polar surface area (TPSA) is 63.9 Å². The summed E-state index contributed by atoms with van der Waals surface area (Å²) in [7, 11) is 6.25. The van der Waals surface area contributed by atoms with E-state index in [1.165, 1.54) is 0 Å². The number of benzene rings is 3. The zero-order chi connectivity index (χ0) is 22.7. The second-order valence-electron chi connectivity index (χ2n) is 6.95. The number of hydrogen-bond acceptors (Lipinski definition) is 5. The van der Waals surface area contributed by atoms with E-state index in [0.29, 0.717) is 22.9 Å². The van der Waals surface area contributed by atoms with Gasteiger partial charge in [0.15, 0.2) is 11.5 Å². The Morgan fingerprint density at radius 3 is 1.84 bits per heavy atom. The molecule has 3 aromatic carbocycles. The Morgan fingerprint density at radius 2 is 1.31 bits per heavy atom. The summed E-state index contributed by atoms with van der Waals surface area (Å²) < 4.78 is 24.9. The van der Waals surface area contributed by atoms with E-state index in [4.69, 9.17) is 18.9 Å². The lowest BCUT2D eigenvalue weighted by Crippen LogP contribution is -2.22. The van der Waals surface area contributed by atoms with Gasteiger partial charge in [-0.15, -0.1) is 0 Å². The summed E-state index contributed by atoms with van der Waals surface area (Å²) in [5.74, 6) is 2.13. The van der Waals surface area contributed by atoms with Gasteiger partial charge < -0.3 is 18.9 Å². The summed E-state index contributed by atoms with van der Waals surface area (Å²) in [6.45, 7) is 0. The minimum atomic E-state index is -0.226. The normalized spacial score (nSPS) is 10.6. The molecule has 0 saturated carbocycles. The molecule has 0 atom stereocenters. The van der Waals surface area contributed by atoms with Crippen LogP contribution in [0.1, 0.15) is 0 Å². The molecule has 7 heteroatoms. The SMILES string of the molecule is COc1ccc(-c2cn(-c3cc(OC)c(OC)c(OC)c3)c(=O)n2-c2ccccc2)cc1. The molecule has 0 saturated heterocycles. The lowest BCUT2D eigenvalue weighted by atomic mass is 10.1. The average Bonchev–Trinajstić information content (AvgIpc) is 3.20. The lowest BCUT2D eigenvalue weighted by Gasteiger charge is -2.14. The van der Waals surface area contributed by atoms with Crippen LogP contribution < -0.4 is 24.6 Å². The molecule has 1 aromatic heterocycles. The van der Waals surface area contributed by atoms with E-state index < -0.39 is 0 Å². The maximum absolute atomic E-state index is 13.6. The van der Waals surface area contributed by atoms with Crippen LogP contribution in [0.2, 0.25) is 0 Å². The molecule has 7 nitrogen and oxygen atoms in total. The molecule has 4 rings (SSSR count). The molecule has 0 radical (unpaired) electrons. The highest BCUT2D eigenvalue weighted by atomic mass is 16.5. The van der Waals surface area contributed by atoms with Gasteiger partial charge in [-0.1, -0.05) is 18.2 Å². The molecular weight excluding hydrogens is 408 g/mol. The van der Waals surface area contributed by atoms with Crippen molar-refractivity contribution >= 4 is 0 Å². The van der Waals surface area contributed by atoms with Crippen LogP contribution in [0.3, 0.4) is 0 Å². The minimum absolute atomic E-state index is 0.226. The molecule has 32 heavy (non-hydrogen) atoms. The van der Waals surface area contributed by atoms with Gasteiger partial charge >= 0.3 is 5.69 Å². The summed E-state index contributed by atoms with van der Waals surface area (Å²) in [5.41, 5.74) is 2.73. The maximum Gasteiger partial charge on any atom is 0.337 e. The standard InChI is InChI=1S/C25H24N2O5/c1-29-20-12-10-17(11-13-20)21-16-26(25(28)27(21)18-8-6-5-7-9-18)19-14-22(30-2)24(32-4)23(15-19)31-3/h5-16H,1-4H3. The largest absolute Gasteiger partial charge is 0.497 e. The Hall–Kier alpha value is -4.13. The number of ether oxygens (including phenoxy) is 4. The molecule has 0 aliphatic rings. The van der Waals surface area contributed by atoms with Crippen LogP contribution in [0, 0.1) is 0 Å². The second kappa shape index (κ2) is 8.93. The fourth-order valence-electron chi connectivity index (χ4n) is 3.63. The average molecular weight is 432 g/mol. The van der Waals surface area contributed by atoms with Crippen LogP contribution in [-0.4, -0.2) is 37.6 Å². The van der Waals surface area contributed by atoms with Gasteiger partial charge in [0.25, 0.3) is 0 Å². The molecule has 1 heterocycles. The van der Waals surface area contributed by atoms with Crippen molar-refractivity contribution in [2.45, 2.75) is 0 Å². The molecule has 0 unspecified atom stereocenters. The molecule has 0 bridgehead atoms. The Bertz CT molecular complexity index is 1250. The second-order valence-corrected chi connectivity index (χ2v) is 6.95. The summed E-state index contributed by atoms with van der Waals surface area (Å²) >= 11 is 0. The van der Waals surface area contributed by atoms with E-state index in [0.717, 1.165) is 22.7 Å². The quantitative estimate of drug-likeness (QED) is 0.435. The number of methoxy groups -OCH3 is 4. The highest BCUT2D eigenvalue weighted by Gasteiger charge is 2.19. The van der Waals surface area contributed by atoms with Gasteiger partial charge in [-0.2, -0.15) is 0 Å². The van der Waals surface area contributed by atoms with Crippen LogP contribution in [-0.2, 0) is 0 Å². The van der Waals surface area contributed by atoms with E-state index in [1.54, 1.807) is 55.9 Å². The van der Waals surface area contributed by atoms with E-state index in [2.05, 4.69) is 0 Å². The first-order valence-corrected chi connectivity index (χ1v) is 9.96. The van der Waals surface area contributed by atoms with Crippen LogP contribution in [0.4, 0.5) is 0 Å². The molecule has 0 aliphatic heterocycles. The van der Waals surface area contributed by atoms with Crippen molar-refractivity contribution in [2.24, 2.45) is 0 Å². The highest BCUT2D eigenvalue weighted by molar-refractivity contribution is 5.65. The molecule has 4 aromatic rings. The summed E-state index contributed by atoms with van der Waals surface area (Å²) in [5, 5.41) is 0. The van der Waals surface area contributed by atoms with Crippen molar-refractivity contribution in [2.75, 3.05) is 28.4 Å². The van der Waals surface area contributed by atoms with Crippen LogP contribution in [0.15, 0.2) is 77.7 Å². The van der Waals surface area contributed by atoms with Crippen molar-refractivity contribution in [3.8, 4) is 45.6 Å². The third kappa shape index (κ3) is 3.69. The van der Waals surface area contributed by atoms with Gasteiger partial charge in [0.1, 0.15) is 5.75 Å². The third-order valence-corrected chi connectivity index (χ3v) is 5.22.